The molecule has 1 unspecified atom stereocenters. The normalized spacial score (nSPS) is 12.5. The molecule has 1 rings (SSSR count). The van der Waals surface area contributed by atoms with E-state index < -0.39 is 0 Å². The van der Waals surface area contributed by atoms with Gasteiger partial charge in [-0.05, 0) is 37.5 Å². The van der Waals surface area contributed by atoms with Crippen LogP contribution in [0.2, 0.25) is 0 Å². The van der Waals surface area contributed by atoms with Crippen LogP contribution < -0.4 is 10.6 Å². The maximum Gasteiger partial charge on any atom is 0.0599 e. The summed E-state index contributed by atoms with van der Waals surface area (Å²) in [6.07, 6.45) is 3.33. The average Bonchev–Trinajstić information content (AvgIpc) is 2.25. The fourth-order valence-electron chi connectivity index (χ4n) is 1.53. The third-order valence-electron chi connectivity index (χ3n) is 2.72. The lowest BCUT2D eigenvalue weighted by molar-refractivity contribution is 0.670. The second-order valence-electron chi connectivity index (χ2n) is 3.80. The smallest absolute Gasteiger partial charge is 0.0599 e. The van der Waals surface area contributed by atoms with Gasteiger partial charge in [-0.15, -0.1) is 0 Å². The van der Waals surface area contributed by atoms with Crippen molar-refractivity contribution in [2.45, 2.75) is 19.4 Å². The molecule has 15 heavy (non-hydrogen) atoms. The summed E-state index contributed by atoms with van der Waals surface area (Å²) in [6.45, 7) is 2.24. The molecule has 0 aromatic heterocycles. The summed E-state index contributed by atoms with van der Waals surface area (Å²) in [6, 6.07) is 8.56. The molecule has 0 spiro atoms. The van der Waals surface area contributed by atoms with Gasteiger partial charge in [0.2, 0.25) is 0 Å². The van der Waals surface area contributed by atoms with E-state index in [9.17, 15) is 0 Å². The van der Waals surface area contributed by atoms with Crippen molar-refractivity contribution in [2.24, 2.45) is 0 Å². The Morgan fingerprint density at radius 3 is 2.67 bits per heavy atom. The van der Waals surface area contributed by atoms with E-state index in [0.717, 1.165) is 11.4 Å². The molecule has 2 N–H and O–H groups in total. The molecule has 0 bridgehead atoms. The van der Waals surface area contributed by atoms with Crippen LogP contribution in [0.5, 0.6) is 0 Å². The van der Waals surface area contributed by atoms with Crippen LogP contribution in [0.25, 0.3) is 0 Å². The lowest BCUT2D eigenvalue weighted by Crippen LogP contribution is -2.29. The van der Waals surface area contributed by atoms with Gasteiger partial charge in [0.1, 0.15) is 0 Å². The summed E-state index contributed by atoms with van der Waals surface area (Å²) >= 11 is 1.89. The van der Waals surface area contributed by atoms with Gasteiger partial charge in [-0.1, -0.05) is 12.1 Å². The molecule has 3 heteroatoms. The summed E-state index contributed by atoms with van der Waals surface area (Å²) in [5.74, 6) is 1.19. The first-order valence-corrected chi connectivity index (χ1v) is 6.62. The van der Waals surface area contributed by atoms with Crippen LogP contribution >= 0.6 is 11.8 Å². The van der Waals surface area contributed by atoms with E-state index in [0.29, 0.717) is 6.04 Å². The summed E-state index contributed by atoms with van der Waals surface area (Å²) in [5.41, 5.74) is 7.93. The molecule has 0 saturated heterocycles. The number of anilines is 2. The third-order valence-corrected chi connectivity index (χ3v) is 3.36. The number of hydrogen-bond acceptors (Lipinski definition) is 3. The lowest BCUT2D eigenvalue weighted by Gasteiger charge is -2.28. The molecule has 0 amide bonds. The molecule has 84 valence electrons. The number of nitrogens with two attached hydrogens (primary N) is 1. The van der Waals surface area contributed by atoms with Crippen LogP contribution in [0, 0.1) is 0 Å². The fourth-order valence-corrected chi connectivity index (χ4v) is 2.11. The van der Waals surface area contributed by atoms with Gasteiger partial charge in [-0.25, -0.2) is 0 Å². The van der Waals surface area contributed by atoms with Crippen molar-refractivity contribution < 1.29 is 0 Å². The molecule has 1 atom stereocenters. The van der Waals surface area contributed by atoms with Crippen molar-refractivity contribution in [3.05, 3.63) is 24.3 Å². The van der Waals surface area contributed by atoms with E-state index in [1.165, 1.54) is 12.2 Å². The molecular weight excluding hydrogens is 204 g/mol. The summed E-state index contributed by atoms with van der Waals surface area (Å²) < 4.78 is 0. The Kier molecular flexibility index (Phi) is 4.82. The maximum atomic E-state index is 5.94. The largest absolute Gasteiger partial charge is 0.397 e. The van der Waals surface area contributed by atoms with Gasteiger partial charge in [0.15, 0.2) is 0 Å². The van der Waals surface area contributed by atoms with Gasteiger partial charge in [0.25, 0.3) is 0 Å². The molecule has 0 heterocycles. The highest BCUT2D eigenvalue weighted by atomic mass is 32.2. The standard InChI is InChI=1S/C12H20N2S/c1-10(8-9-15-3)14(2)12-7-5-4-6-11(12)13/h4-7,10H,8-9,13H2,1-3H3. The molecule has 0 saturated carbocycles. The van der Waals surface area contributed by atoms with Crippen LogP contribution in [0.15, 0.2) is 24.3 Å². The summed E-state index contributed by atoms with van der Waals surface area (Å²) in [7, 11) is 2.11. The monoisotopic (exact) mass is 224 g/mol. The molecule has 1 aromatic carbocycles. The van der Waals surface area contributed by atoms with Crippen molar-refractivity contribution in [3.8, 4) is 0 Å². The van der Waals surface area contributed by atoms with Crippen LogP contribution in [0.1, 0.15) is 13.3 Å². The van der Waals surface area contributed by atoms with Crippen LogP contribution in [-0.2, 0) is 0 Å². The highest BCUT2D eigenvalue weighted by Gasteiger charge is 2.11. The molecule has 1 aromatic rings. The Morgan fingerprint density at radius 1 is 1.40 bits per heavy atom. The number of hydrogen-bond donors (Lipinski definition) is 1. The zero-order chi connectivity index (χ0) is 11.3. The Morgan fingerprint density at radius 2 is 2.07 bits per heavy atom. The minimum Gasteiger partial charge on any atom is -0.397 e. The molecule has 0 aliphatic rings. The van der Waals surface area contributed by atoms with E-state index in [1.807, 2.05) is 30.0 Å². The minimum atomic E-state index is 0.530. The van der Waals surface area contributed by atoms with Gasteiger partial charge in [0, 0.05) is 13.1 Å². The van der Waals surface area contributed by atoms with Gasteiger partial charge >= 0.3 is 0 Å². The van der Waals surface area contributed by atoms with Crippen LogP contribution in [-0.4, -0.2) is 25.1 Å². The highest BCUT2D eigenvalue weighted by molar-refractivity contribution is 7.98. The second kappa shape index (κ2) is 5.91. The van der Waals surface area contributed by atoms with E-state index in [2.05, 4.69) is 31.2 Å². The number of benzene rings is 1. The summed E-state index contributed by atoms with van der Waals surface area (Å²) in [5, 5.41) is 0. The quantitative estimate of drug-likeness (QED) is 0.780. The van der Waals surface area contributed by atoms with E-state index >= 15 is 0 Å². The van der Waals surface area contributed by atoms with Crippen molar-refractivity contribution in [3.63, 3.8) is 0 Å². The molecule has 0 aliphatic carbocycles. The van der Waals surface area contributed by atoms with Gasteiger partial charge in [-0.2, -0.15) is 11.8 Å². The highest BCUT2D eigenvalue weighted by Crippen LogP contribution is 2.23. The third kappa shape index (κ3) is 3.34. The van der Waals surface area contributed by atoms with Gasteiger partial charge in [0.05, 0.1) is 11.4 Å². The van der Waals surface area contributed by atoms with Crippen molar-refractivity contribution in [1.82, 2.24) is 0 Å². The van der Waals surface area contributed by atoms with Crippen molar-refractivity contribution in [2.75, 3.05) is 29.7 Å². The molecule has 2 nitrogen and oxygen atoms in total. The second-order valence-corrected chi connectivity index (χ2v) is 4.79. The van der Waals surface area contributed by atoms with Crippen molar-refractivity contribution >= 4 is 23.1 Å². The first kappa shape index (κ1) is 12.2. The number of nitrogen functional groups attached to an aromatic ring is 1. The minimum absolute atomic E-state index is 0.530. The summed E-state index contributed by atoms with van der Waals surface area (Å²) in [4.78, 5) is 2.26. The van der Waals surface area contributed by atoms with Gasteiger partial charge < -0.3 is 10.6 Å². The van der Waals surface area contributed by atoms with Crippen LogP contribution in [0.4, 0.5) is 11.4 Å². The zero-order valence-corrected chi connectivity index (χ0v) is 10.6. The van der Waals surface area contributed by atoms with E-state index in [1.54, 1.807) is 0 Å². The number of thioether (sulfide) groups is 1. The number of nitrogens with zero attached hydrogens (tertiary/aromatic N) is 1. The van der Waals surface area contributed by atoms with Gasteiger partial charge in [-0.3, -0.25) is 0 Å². The lowest BCUT2D eigenvalue weighted by atomic mass is 10.2. The zero-order valence-electron chi connectivity index (χ0n) is 9.73. The Labute approximate surface area is 96.8 Å². The Balaban J connectivity index is 2.67. The number of rotatable bonds is 5. The predicted octanol–water partition coefficient (Wildman–Crippen LogP) is 2.85. The average molecular weight is 224 g/mol. The Hall–Kier alpha value is -0.830. The Bertz CT molecular complexity index is 301. The SMILES string of the molecule is CSCCC(C)N(C)c1ccccc1N. The maximum absolute atomic E-state index is 5.94. The van der Waals surface area contributed by atoms with E-state index in [-0.39, 0.29) is 0 Å². The van der Waals surface area contributed by atoms with Crippen LogP contribution in [0.3, 0.4) is 0 Å². The number of para-hydroxylation sites is 2. The molecule has 0 fully saturated rings. The van der Waals surface area contributed by atoms with Crippen molar-refractivity contribution in [1.29, 1.82) is 0 Å². The molecule has 0 radical (unpaired) electrons. The molecular formula is C12H20N2S. The fraction of sp³-hybridized carbons (Fsp3) is 0.500. The first-order valence-electron chi connectivity index (χ1n) is 5.23. The topological polar surface area (TPSA) is 29.3 Å². The molecule has 0 aliphatic heterocycles. The van der Waals surface area contributed by atoms with E-state index in [4.69, 9.17) is 5.73 Å². The first-order chi connectivity index (χ1) is 7.16. The predicted molar refractivity (Wildman–Crippen MR) is 71.7 cm³/mol.